The molecule has 2 fully saturated rings. The van der Waals surface area contributed by atoms with E-state index in [-0.39, 0.29) is 11.8 Å². The van der Waals surface area contributed by atoms with E-state index in [2.05, 4.69) is 4.90 Å². The highest BCUT2D eigenvalue weighted by Crippen LogP contribution is 2.20. The summed E-state index contributed by atoms with van der Waals surface area (Å²) >= 11 is 6.01. The Balaban J connectivity index is 1.19. The second-order valence-corrected chi connectivity index (χ2v) is 8.21. The molecule has 0 saturated carbocycles. The van der Waals surface area contributed by atoms with Crippen molar-refractivity contribution in [1.29, 1.82) is 0 Å². The number of hydrogen-bond acceptors (Lipinski definition) is 3. The van der Waals surface area contributed by atoms with Gasteiger partial charge in [-0.2, -0.15) is 0 Å². The van der Waals surface area contributed by atoms with Gasteiger partial charge >= 0.3 is 0 Å². The predicted octanol–water partition coefficient (Wildman–Crippen LogP) is 2.94. The van der Waals surface area contributed by atoms with E-state index < -0.39 is 0 Å². The first-order chi connectivity index (χ1) is 14.1. The Hall–Kier alpha value is -2.37. The predicted molar refractivity (Wildman–Crippen MR) is 114 cm³/mol. The smallest absolute Gasteiger partial charge is 0.253 e. The SMILES string of the molecule is O=C(CCc1cccc(Cl)c1)N1CC(N2CCN(C(=O)c3ccccc3)CC2)C1. The average Bonchev–Trinajstić information content (AvgIpc) is 2.72. The largest absolute Gasteiger partial charge is 0.339 e. The molecule has 2 heterocycles. The number of amides is 2. The van der Waals surface area contributed by atoms with Crippen molar-refractivity contribution in [3.8, 4) is 0 Å². The van der Waals surface area contributed by atoms with Crippen LogP contribution in [0, 0.1) is 0 Å². The summed E-state index contributed by atoms with van der Waals surface area (Å²) < 4.78 is 0. The minimum atomic E-state index is 0.108. The number of hydrogen-bond donors (Lipinski definition) is 0. The zero-order chi connectivity index (χ0) is 20.2. The second kappa shape index (κ2) is 8.97. The molecule has 2 aliphatic heterocycles. The number of benzene rings is 2. The maximum Gasteiger partial charge on any atom is 0.253 e. The summed E-state index contributed by atoms with van der Waals surface area (Å²) in [5, 5.41) is 0.712. The Morgan fingerprint density at radius 3 is 2.31 bits per heavy atom. The molecule has 2 aromatic carbocycles. The standard InChI is InChI=1S/C23H26ClN3O2/c24-20-8-4-5-18(15-20)9-10-22(28)27-16-21(17-27)25-11-13-26(14-12-25)23(29)19-6-2-1-3-7-19/h1-8,15,21H,9-14,16-17H2. The Bertz CT molecular complexity index is 859. The minimum Gasteiger partial charge on any atom is -0.339 e. The highest BCUT2D eigenvalue weighted by atomic mass is 35.5. The molecule has 6 heteroatoms. The van der Waals surface area contributed by atoms with Gasteiger partial charge in [0.05, 0.1) is 0 Å². The molecule has 0 unspecified atom stereocenters. The Labute approximate surface area is 176 Å². The van der Waals surface area contributed by atoms with Gasteiger partial charge in [0.15, 0.2) is 0 Å². The second-order valence-electron chi connectivity index (χ2n) is 7.78. The lowest BCUT2D eigenvalue weighted by Crippen LogP contribution is -2.64. The molecule has 0 spiro atoms. The van der Waals surface area contributed by atoms with Crippen molar-refractivity contribution in [2.24, 2.45) is 0 Å². The molecule has 0 bridgehead atoms. The summed E-state index contributed by atoms with van der Waals surface area (Å²) in [4.78, 5) is 31.3. The third-order valence-corrected chi connectivity index (χ3v) is 6.11. The molecular weight excluding hydrogens is 386 g/mol. The van der Waals surface area contributed by atoms with E-state index in [0.717, 1.165) is 56.8 Å². The molecule has 0 radical (unpaired) electrons. The Morgan fingerprint density at radius 1 is 0.897 bits per heavy atom. The molecule has 2 aromatic rings. The Kier molecular flexibility index (Phi) is 6.16. The molecule has 0 N–H and O–H groups in total. The van der Waals surface area contributed by atoms with Crippen LogP contribution in [0.3, 0.4) is 0 Å². The van der Waals surface area contributed by atoms with Crippen LogP contribution in [0.15, 0.2) is 54.6 Å². The quantitative estimate of drug-likeness (QED) is 0.759. The molecule has 0 aromatic heterocycles. The molecule has 2 saturated heterocycles. The molecule has 4 rings (SSSR count). The van der Waals surface area contributed by atoms with Gasteiger partial charge < -0.3 is 9.80 Å². The maximum atomic E-state index is 12.6. The first-order valence-corrected chi connectivity index (χ1v) is 10.6. The van der Waals surface area contributed by atoms with E-state index >= 15 is 0 Å². The molecule has 152 valence electrons. The van der Waals surface area contributed by atoms with Gasteiger partial charge in [0.1, 0.15) is 0 Å². The summed E-state index contributed by atoms with van der Waals surface area (Å²) in [5.74, 6) is 0.316. The van der Waals surface area contributed by atoms with Gasteiger partial charge in [-0.15, -0.1) is 0 Å². The lowest BCUT2D eigenvalue weighted by molar-refractivity contribution is -0.139. The van der Waals surface area contributed by atoms with Crippen molar-refractivity contribution in [1.82, 2.24) is 14.7 Å². The van der Waals surface area contributed by atoms with Crippen LogP contribution < -0.4 is 0 Å². The molecule has 29 heavy (non-hydrogen) atoms. The number of aryl methyl sites for hydroxylation is 1. The zero-order valence-electron chi connectivity index (χ0n) is 16.5. The maximum absolute atomic E-state index is 12.6. The number of nitrogens with zero attached hydrogens (tertiary/aromatic N) is 3. The van der Waals surface area contributed by atoms with Crippen LogP contribution in [0.4, 0.5) is 0 Å². The fourth-order valence-electron chi connectivity index (χ4n) is 4.05. The fourth-order valence-corrected chi connectivity index (χ4v) is 4.26. The van der Waals surface area contributed by atoms with Crippen molar-refractivity contribution in [2.75, 3.05) is 39.3 Å². The highest BCUT2D eigenvalue weighted by molar-refractivity contribution is 6.30. The lowest BCUT2D eigenvalue weighted by Gasteiger charge is -2.48. The molecule has 0 aliphatic carbocycles. The van der Waals surface area contributed by atoms with Crippen molar-refractivity contribution in [3.05, 3.63) is 70.7 Å². The van der Waals surface area contributed by atoms with Crippen LogP contribution in [0.2, 0.25) is 5.02 Å². The number of piperazine rings is 1. The third kappa shape index (κ3) is 4.80. The van der Waals surface area contributed by atoms with Crippen molar-refractivity contribution in [2.45, 2.75) is 18.9 Å². The highest BCUT2D eigenvalue weighted by Gasteiger charge is 2.36. The number of carbonyl (C=O) groups excluding carboxylic acids is 2. The lowest BCUT2D eigenvalue weighted by atomic mass is 10.0. The minimum absolute atomic E-state index is 0.108. The third-order valence-electron chi connectivity index (χ3n) is 5.87. The molecule has 0 atom stereocenters. The monoisotopic (exact) mass is 411 g/mol. The van der Waals surface area contributed by atoms with Gasteiger partial charge in [0, 0.05) is 62.3 Å². The van der Waals surface area contributed by atoms with E-state index in [1.54, 1.807) is 0 Å². The summed E-state index contributed by atoms with van der Waals surface area (Å²) in [6.07, 6.45) is 1.24. The zero-order valence-corrected chi connectivity index (χ0v) is 17.2. The number of likely N-dealkylation sites (tertiary alicyclic amines) is 1. The van der Waals surface area contributed by atoms with Gasteiger partial charge in [0.25, 0.3) is 5.91 Å². The van der Waals surface area contributed by atoms with Gasteiger partial charge in [-0.3, -0.25) is 14.5 Å². The Morgan fingerprint density at radius 2 is 1.62 bits per heavy atom. The van der Waals surface area contributed by atoms with Crippen LogP contribution in [0.1, 0.15) is 22.3 Å². The van der Waals surface area contributed by atoms with E-state index in [9.17, 15) is 9.59 Å². The summed E-state index contributed by atoms with van der Waals surface area (Å²) in [7, 11) is 0. The molecule has 2 aliphatic rings. The van der Waals surface area contributed by atoms with E-state index in [0.29, 0.717) is 17.5 Å². The van der Waals surface area contributed by atoms with E-state index in [1.165, 1.54) is 0 Å². The van der Waals surface area contributed by atoms with E-state index in [1.807, 2.05) is 64.4 Å². The van der Waals surface area contributed by atoms with Crippen molar-refractivity contribution >= 4 is 23.4 Å². The molecular formula is C23H26ClN3O2. The van der Waals surface area contributed by atoms with Gasteiger partial charge in [-0.05, 0) is 36.2 Å². The van der Waals surface area contributed by atoms with Gasteiger partial charge in [-0.25, -0.2) is 0 Å². The van der Waals surface area contributed by atoms with Gasteiger partial charge in [-0.1, -0.05) is 41.9 Å². The number of halogens is 1. The normalized spacial score (nSPS) is 17.8. The van der Waals surface area contributed by atoms with Crippen LogP contribution >= 0.6 is 11.6 Å². The van der Waals surface area contributed by atoms with Gasteiger partial charge in [0.2, 0.25) is 5.91 Å². The van der Waals surface area contributed by atoms with Crippen LogP contribution in [-0.4, -0.2) is 71.8 Å². The number of carbonyl (C=O) groups is 2. The fraction of sp³-hybridized carbons (Fsp3) is 0.391. The molecule has 5 nitrogen and oxygen atoms in total. The first kappa shape index (κ1) is 19.9. The summed E-state index contributed by atoms with van der Waals surface area (Å²) in [6, 6.07) is 17.6. The number of rotatable bonds is 5. The van der Waals surface area contributed by atoms with Crippen LogP contribution in [-0.2, 0) is 11.2 Å². The van der Waals surface area contributed by atoms with Crippen molar-refractivity contribution in [3.63, 3.8) is 0 Å². The van der Waals surface area contributed by atoms with E-state index in [4.69, 9.17) is 11.6 Å². The summed E-state index contributed by atoms with van der Waals surface area (Å²) in [5.41, 5.74) is 1.85. The average molecular weight is 412 g/mol. The van der Waals surface area contributed by atoms with Crippen LogP contribution in [0.5, 0.6) is 0 Å². The molecule has 2 amide bonds. The van der Waals surface area contributed by atoms with Crippen molar-refractivity contribution < 1.29 is 9.59 Å². The first-order valence-electron chi connectivity index (χ1n) is 10.2. The topological polar surface area (TPSA) is 43.9 Å². The summed E-state index contributed by atoms with van der Waals surface area (Å²) in [6.45, 7) is 4.81. The van der Waals surface area contributed by atoms with Crippen LogP contribution in [0.25, 0.3) is 0 Å².